The van der Waals surface area contributed by atoms with E-state index in [0.29, 0.717) is 13.0 Å². The number of carbonyl (C=O) groups is 3. The largest absolute Gasteiger partial charge is 0.350 e. The summed E-state index contributed by atoms with van der Waals surface area (Å²) < 4.78 is 0. The Kier molecular flexibility index (Phi) is 6.35. The van der Waals surface area contributed by atoms with Gasteiger partial charge < -0.3 is 5.32 Å². The van der Waals surface area contributed by atoms with Crippen LogP contribution in [0.4, 0.5) is 0 Å². The highest BCUT2D eigenvalue weighted by Crippen LogP contribution is 2.39. The van der Waals surface area contributed by atoms with Crippen LogP contribution in [0.25, 0.3) is 0 Å². The molecule has 1 saturated heterocycles. The van der Waals surface area contributed by atoms with Crippen LogP contribution in [-0.4, -0.2) is 40.7 Å². The second kappa shape index (κ2) is 8.71. The van der Waals surface area contributed by atoms with Crippen LogP contribution in [0.1, 0.15) is 37.7 Å². The number of rotatable bonds is 7. The van der Waals surface area contributed by atoms with Gasteiger partial charge in [0, 0.05) is 6.54 Å². The Morgan fingerprint density at radius 3 is 2.35 bits per heavy atom. The summed E-state index contributed by atoms with van der Waals surface area (Å²) >= 11 is 1.62. The van der Waals surface area contributed by atoms with E-state index in [9.17, 15) is 14.4 Å². The first-order valence-electron chi connectivity index (χ1n) is 9.31. The van der Waals surface area contributed by atoms with Crippen molar-refractivity contribution in [2.24, 2.45) is 11.8 Å². The second-order valence-electron chi connectivity index (χ2n) is 7.04. The minimum Gasteiger partial charge on any atom is -0.350 e. The van der Waals surface area contributed by atoms with E-state index in [0.717, 1.165) is 37.0 Å². The van der Waals surface area contributed by atoms with E-state index in [4.69, 9.17) is 0 Å². The monoisotopic (exact) mass is 374 g/mol. The van der Waals surface area contributed by atoms with Gasteiger partial charge in [0.15, 0.2) is 0 Å². The average Bonchev–Trinajstić information content (AvgIpc) is 2.93. The molecule has 5 nitrogen and oxygen atoms in total. The molecule has 0 spiro atoms. The first-order valence-corrected chi connectivity index (χ1v) is 10.7. The Hall–Kier alpha value is -1.82. The zero-order valence-corrected chi connectivity index (χ0v) is 16.0. The molecular weight excluding hydrogens is 348 g/mol. The summed E-state index contributed by atoms with van der Waals surface area (Å²) in [5, 5.41) is 2.91. The van der Waals surface area contributed by atoms with Crippen molar-refractivity contribution in [2.75, 3.05) is 12.0 Å². The molecular formula is C20H26N2O3S. The summed E-state index contributed by atoms with van der Waals surface area (Å²) in [5.41, 5.74) is 0.997. The summed E-state index contributed by atoms with van der Waals surface area (Å²) in [6, 6.07) is 8.96. The molecule has 3 atom stereocenters. The summed E-state index contributed by atoms with van der Waals surface area (Å²) in [4.78, 5) is 39.8. The lowest BCUT2D eigenvalue weighted by Gasteiger charge is -2.26. The summed E-state index contributed by atoms with van der Waals surface area (Å²) in [6.07, 6.45) is 5.98. The van der Waals surface area contributed by atoms with Crippen LogP contribution in [0.5, 0.6) is 0 Å². The molecule has 0 unspecified atom stereocenters. The van der Waals surface area contributed by atoms with Crippen molar-refractivity contribution >= 4 is 29.5 Å². The highest BCUT2D eigenvalue weighted by atomic mass is 32.2. The van der Waals surface area contributed by atoms with Crippen LogP contribution in [0.15, 0.2) is 30.3 Å². The Balaban J connectivity index is 1.73. The molecule has 1 aliphatic heterocycles. The molecule has 1 saturated carbocycles. The smallest absolute Gasteiger partial charge is 0.243 e. The van der Waals surface area contributed by atoms with Crippen molar-refractivity contribution in [1.29, 1.82) is 0 Å². The van der Waals surface area contributed by atoms with E-state index in [1.54, 1.807) is 11.8 Å². The van der Waals surface area contributed by atoms with Crippen LogP contribution in [0.3, 0.4) is 0 Å². The molecule has 1 N–H and O–H groups in total. The normalized spacial score (nSPS) is 23.7. The van der Waals surface area contributed by atoms with Gasteiger partial charge in [0.25, 0.3) is 0 Å². The number of benzene rings is 1. The third-order valence-electron chi connectivity index (χ3n) is 5.39. The van der Waals surface area contributed by atoms with Crippen LogP contribution >= 0.6 is 11.8 Å². The van der Waals surface area contributed by atoms with Crippen molar-refractivity contribution in [1.82, 2.24) is 10.2 Å². The van der Waals surface area contributed by atoms with Gasteiger partial charge in [-0.25, -0.2) is 0 Å². The van der Waals surface area contributed by atoms with Gasteiger partial charge in [0.1, 0.15) is 6.04 Å². The number of hydrogen-bond acceptors (Lipinski definition) is 4. The number of fused-ring (bicyclic) bond motifs is 1. The maximum Gasteiger partial charge on any atom is 0.243 e. The molecule has 1 heterocycles. The molecule has 0 bridgehead atoms. The van der Waals surface area contributed by atoms with E-state index in [-0.39, 0.29) is 29.6 Å². The molecule has 1 aromatic carbocycles. The number of thioether (sulfide) groups is 1. The number of nitrogens with one attached hydrogen (secondary N) is 1. The number of hydrogen-bond donors (Lipinski definition) is 1. The number of likely N-dealkylation sites (tertiary alicyclic amines) is 1. The maximum absolute atomic E-state index is 12.9. The zero-order chi connectivity index (χ0) is 18.5. The number of carbonyl (C=O) groups excluding carboxylic acids is 3. The molecule has 0 radical (unpaired) electrons. The van der Waals surface area contributed by atoms with E-state index in [1.807, 2.05) is 36.6 Å². The van der Waals surface area contributed by atoms with Gasteiger partial charge in [-0.15, -0.1) is 0 Å². The lowest BCUT2D eigenvalue weighted by Crippen LogP contribution is -2.50. The van der Waals surface area contributed by atoms with Crippen molar-refractivity contribution in [2.45, 2.75) is 44.7 Å². The molecule has 3 amide bonds. The van der Waals surface area contributed by atoms with E-state index in [2.05, 4.69) is 5.32 Å². The summed E-state index contributed by atoms with van der Waals surface area (Å²) in [7, 11) is 0. The van der Waals surface area contributed by atoms with Gasteiger partial charge in [-0.2, -0.15) is 11.8 Å². The minimum absolute atomic E-state index is 0.138. The van der Waals surface area contributed by atoms with Crippen LogP contribution in [0, 0.1) is 11.8 Å². The fourth-order valence-corrected chi connectivity index (χ4v) is 4.46. The fraction of sp³-hybridized carbons (Fsp3) is 0.550. The minimum atomic E-state index is -0.697. The van der Waals surface area contributed by atoms with Gasteiger partial charge >= 0.3 is 0 Å². The molecule has 0 aromatic heterocycles. The van der Waals surface area contributed by atoms with E-state index < -0.39 is 6.04 Å². The number of imide groups is 1. The fourth-order valence-electron chi connectivity index (χ4n) is 4.00. The van der Waals surface area contributed by atoms with Gasteiger partial charge in [0.2, 0.25) is 17.7 Å². The highest BCUT2D eigenvalue weighted by Gasteiger charge is 2.51. The summed E-state index contributed by atoms with van der Waals surface area (Å²) in [5.74, 6) is -0.204. The summed E-state index contributed by atoms with van der Waals surface area (Å²) in [6.45, 7) is 0.401. The Bertz CT molecular complexity index is 640. The molecule has 1 aromatic rings. The standard InChI is InChI=1S/C20H26N2O3S/c1-26-12-11-17(18(23)21-13-14-7-3-2-4-8-14)22-19(24)15-9-5-6-10-16(15)20(22)25/h2-4,7-8,15-17H,5-6,9-13H2,1H3,(H,21,23)/t15-,16-,17-/m1/s1. The lowest BCUT2D eigenvalue weighted by atomic mass is 9.81. The topological polar surface area (TPSA) is 66.5 Å². The molecule has 6 heteroatoms. The van der Waals surface area contributed by atoms with Crippen molar-refractivity contribution in [3.8, 4) is 0 Å². The number of amides is 3. The Labute approximate surface area is 158 Å². The van der Waals surface area contributed by atoms with Crippen LogP contribution in [0.2, 0.25) is 0 Å². The highest BCUT2D eigenvalue weighted by molar-refractivity contribution is 7.98. The SMILES string of the molecule is CSCC[C@H](C(=O)NCc1ccccc1)N1C(=O)[C@@H]2CCCC[C@H]2C1=O. The van der Waals surface area contributed by atoms with Crippen molar-refractivity contribution < 1.29 is 14.4 Å². The Morgan fingerprint density at radius 1 is 1.15 bits per heavy atom. The first-order chi connectivity index (χ1) is 12.6. The van der Waals surface area contributed by atoms with E-state index >= 15 is 0 Å². The molecule has 26 heavy (non-hydrogen) atoms. The van der Waals surface area contributed by atoms with Crippen molar-refractivity contribution in [3.05, 3.63) is 35.9 Å². The second-order valence-corrected chi connectivity index (χ2v) is 8.03. The predicted molar refractivity (Wildman–Crippen MR) is 102 cm³/mol. The van der Waals surface area contributed by atoms with Crippen LogP contribution in [-0.2, 0) is 20.9 Å². The zero-order valence-electron chi connectivity index (χ0n) is 15.1. The van der Waals surface area contributed by atoms with Gasteiger partial charge in [-0.3, -0.25) is 19.3 Å². The lowest BCUT2D eigenvalue weighted by molar-refractivity contribution is -0.148. The quantitative estimate of drug-likeness (QED) is 0.745. The van der Waals surface area contributed by atoms with Crippen LogP contribution < -0.4 is 5.32 Å². The average molecular weight is 375 g/mol. The molecule has 140 valence electrons. The van der Waals surface area contributed by atoms with Crippen molar-refractivity contribution in [3.63, 3.8) is 0 Å². The number of nitrogens with zero attached hydrogens (tertiary/aromatic N) is 1. The molecule has 3 rings (SSSR count). The van der Waals surface area contributed by atoms with Gasteiger partial charge in [0.05, 0.1) is 11.8 Å². The third kappa shape index (κ3) is 3.95. The maximum atomic E-state index is 12.9. The van der Waals surface area contributed by atoms with E-state index in [1.165, 1.54) is 4.90 Å². The molecule has 2 aliphatic rings. The molecule has 1 aliphatic carbocycles. The van der Waals surface area contributed by atoms with Gasteiger partial charge in [-0.05, 0) is 36.8 Å². The Morgan fingerprint density at radius 2 is 1.77 bits per heavy atom. The van der Waals surface area contributed by atoms with Gasteiger partial charge in [-0.1, -0.05) is 43.2 Å². The predicted octanol–water partition coefficient (Wildman–Crippen LogP) is 2.60. The molecule has 2 fully saturated rings. The first kappa shape index (κ1) is 19.0. The third-order valence-corrected chi connectivity index (χ3v) is 6.04.